The molecule has 0 spiro atoms. The van der Waals surface area contributed by atoms with Gasteiger partial charge in [-0.25, -0.2) is 0 Å². The maximum absolute atomic E-state index is 11.9. The molecule has 0 radical (unpaired) electrons. The van der Waals surface area contributed by atoms with Gasteiger partial charge in [0.1, 0.15) is 0 Å². The molecule has 2 aliphatic rings. The summed E-state index contributed by atoms with van der Waals surface area (Å²) in [4.78, 5) is 14.5. The maximum Gasteiger partial charge on any atom is 0.233 e. The van der Waals surface area contributed by atoms with E-state index in [4.69, 9.17) is 18.0 Å². The molecular formula is C10H17N3OS. The molecule has 5 heteroatoms. The molecular weight excluding hydrogens is 210 g/mol. The summed E-state index contributed by atoms with van der Waals surface area (Å²) in [6.45, 7) is 1.98. The third-order valence-corrected chi connectivity index (χ3v) is 3.77. The van der Waals surface area contributed by atoms with Crippen molar-refractivity contribution in [3.63, 3.8) is 0 Å². The fourth-order valence-electron chi connectivity index (χ4n) is 2.09. The Balaban J connectivity index is 1.90. The van der Waals surface area contributed by atoms with Gasteiger partial charge in [-0.1, -0.05) is 12.2 Å². The number of carbonyl (C=O) groups excluding carboxylic acids is 1. The van der Waals surface area contributed by atoms with Gasteiger partial charge in [0.05, 0.1) is 10.4 Å². The van der Waals surface area contributed by atoms with Crippen LogP contribution >= 0.6 is 12.2 Å². The predicted molar refractivity (Wildman–Crippen MR) is 62.5 cm³/mol. The van der Waals surface area contributed by atoms with Crippen LogP contribution in [0, 0.1) is 5.41 Å². The second kappa shape index (κ2) is 3.72. The molecule has 4 nitrogen and oxygen atoms in total. The summed E-state index contributed by atoms with van der Waals surface area (Å²) in [7, 11) is 2.06. The first-order chi connectivity index (χ1) is 7.04. The fourth-order valence-corrected chi connectivity index (χ4v) is 2.38. The van der Waals surface area contributed by atoms with Gasteiger partial charge in [0.2, 0.25) is 5.91 Å². The molecule has 15 heavy (non-hydrogen) atoms. The molecule has 1 saturated carbocycles. The highest BCUT2D eigenvalue weighted by Crippen LogP contribution is 2.46. The van der Waals surface area contributed by atoms with E-state index in [2.05, 4.69) is 17.3 Å². The van der Waals surface area contributed by atoms with Crippen molar-refractivity contribution in [1.29, 1.82) is 0 Å². The van der Waals surface area contributed by atoms with Crippen molar-refractivity contribution in [2.24, 2.45) is 11.1 Å². The van der Waals surface area contributed by atoms with E-state index < -0.39 is 5.41 Å². The highest BCUT2D eigenvalue weighted by atomic mass is 32.1. The van der Waals surface area contributed by atoms with Crippen molar-refractivity contribution in [2.45, 2.75) is 25.3 Å². The lowest BCUT2D eigenvalue weighted by atomic mass is 10.1. The number of nitrogens with one attached hydrogen (secondary N) is 1. The largest absolute Gasteiger partial charge is 0.392 e. The molecule has 2 rings (SSSR count). The van der Waals surface area contributed by atoms with Gasteiger partial charge >= 0.3 is 0 Å². The Morgan fingerprint density at radius 2 is 2.27 bits per heavy atom. The van der Waals surface area contributed by atoms with Crippen molar-refractivity contribution in [1.82, 2.24) is 10.2 Å². The lowest BCUT2D eigenvalue weighted by Gasteiger charge is -2.18. The number of hydrogen-bond acceptors (Lipinski definition) is 3. The van der Waals surface area contributed by atoms with E-state index in [0.717, 1.165) is 32.4 Å². The molecule has 84 valence electrons. The van der Waals surface area contributed by atoms with Gasteiger partial charge in [-0.3, -0.25) is 4.79 Å². The van der Waals surface area contributed by atoms with Crippen LogP contribution in [0.1, 0.15) is 19.3 Å². The highest BCUT2D eigenvalue weighted by molar-refractivity contribution is 7.80. The fraction of sp³-hybridized carbons (Fsp3) is 0.800. The average Bonchev–Trinajstić information content (AvgIpc) is 2.88. The van der Waals surface area contributed by atoms with Gasteiger partial charge in [-0.05, 0) is 32.9 Å². The summed E-state index contributed by atoms with van der Waals surface area (Å²) in [6.07, 6.45) is 2.66. The van der Waals surface area contributed by atoms with Gasteiger partial charge in [0.25, 0.3) is 0 Å². The third-order valence-electron chi connectivity index (χ3n) is 3.38. The first-order valence-corrected chi connectivity index (χ1v) is 5.75. The number of likely N-dealkylation sites (tertiary alicyclic amines) is 1. The number of rotatable bonds is 3. The van der Waals surface area contributed by atoms with Crippen LogP contribution in [0.3, 0.4) is 0 Å². The monoisotopic (exact) mass is 227 g/mol. The zero-order valence-corrected chi connectivity index (χ0v) is 9.77. The first-order valence-electron chi connectivity index (χ1n) is 5.34. The molecule has 1 heterocycles. The van der Waals surface area contributed by atoms with Gasteiger partial charge in [-0.15, -0.1) is 0 Å². The van der Waals surface area contributed by atoms with Crippen LogP contribution in [0.15, 0.2) is 0 Å². The summed E-state index contributed by atoms with van der Waals surface area (Å²) < 4.78 is 0. The number of thiocarbonyl (C=S) groups is 1. The number of carbonyl (C=O) groups is 1. The Bertz CT molecular complexity index is 301. The van der Waals surface area contributed by atoms with Crippen molar-refractivity contribution < 1.29 is 4.79 Å². The van der Waals surface area contributed by atoms with E-state index in [1.807, 2.05) is 0 Å². The summed E-state index contributed by atoms with van der Waals surface area (Å²) in [5, 5.41) is 3.05. The first kappa shape index (κ1) is 10.8. The number of nitrogens with zero attached hydrogens (tertiary/aromatic N) is 1. The number of nitrogens with two attached hydrogens (primary N) is 1. The van der Waals surface area contributed by atoms with E-state index in [0.29, 0.717) is 4.99 Å². The quantitative estimate of drug-likeness (QED) is 0.660. The smallest absolute Gasteiger partial charge is 0.233 e. The summed E-state index contributed by atoms with van der Waals surface area (Å²) in [5.41, 5.74) is 5.09. The van der Waals surface area contributed by atoms with Crippen LogP contribution in [0.5, 0.6) is 0 Å². The van der Waals surface area contributed by atoms with Crippen LogP contribution in [0.25, 0.3) is 0 Å². The van der Waals surface area contributed by atoms with E-state index in [-0.39, 0.29) is 11.9 Å². The van der Waals surface area contributed by atoms with Crippen molar-refractivity contribution in [3.8, 4) is 0 Å². The Morgan fingerprint density at radius 3 is 2.67 bits per heavy atom. The van der Waals surface area contributed by atoms with Crippen molar-refractivity contribution in [3.05, 3.63) is 0 Å². The van der Waals surface area contributed by atoms with Crippen LogP contribution < -0.4 is 11.1 Å². The van der Waals surface area contributed by atoms with E-state index in [1.54, 1.807) is 0 Å². The minimum atomic E-state index is -0.503. The number of amides is 1. The molecule has 1 amide bonds. The van der Waals surface area contributed by atoms with Crippen molar-refractivity contribution in [2.75, 3.05) is 20.1 Å². The second-order valence-electron chi connectivity index (χ2n) is 4.67. The SMILES string of the molecule is CN1CCC(NC(=O)C2(C(N)=S)CC2)C1. The minimum Gasteiger partial charge on any atom is -0.392 e. The summed E-state index contributed by atoms with van der Waals surface area (Å²) in [6, 6.07) is 0.273. The Labute approximate surface area is 95.2 Å². The minimum absolute atomic E-state index is 0.0373. The van der Waals surface area contributed by atoms with E-state index in [9.17, 15) is 4.79 Å². The molecule has 1 unspecified atom stereocenters. The van der Waals surface area contributed by atoms with Crippen molar-refractivity contribution >= 4 is 23.1 Å². The van der Waals surface area contributed by atoms with Gasteiger partial charge in [0.15, 0.2) is 0 Å². The molecule has 1 atom stereocenters. The third kappa shape index (κ3) is 1.99. The molecule has 1 saturated heterocycles. The summed E-state index contributed by atoms with van der Waals surface area (Å²) in [5.74, 6) is 0.0373. The summed E-state index contributed by atoms with van der Waals surface area (Å²) >= 11 is 4.94. The normalized spacial score (nSPS) is 28.7. The van der Waals surface area contributed by atoms with Crippen LogP contribution in [-0.4, -0.2) is 42.0 Å². The Hall–Kier alpha value is -0.680. The van der Waals surface area contributed by atoms with Gasteiger partial charge in [-0.2, -0.15) is 0 Å². The lowest BCUT2D eigenvalue weighted by Crippen LogP contribution is -2.45. The maximum atomic E-state index is 11.9. The van der Waals surface area contributed by atoms with Gasteiger partial charge in [0, 0.05) is 12.6 Å². The lowest BCUT2D eigenvalue weighted by molar-refractivity contribution is -0.124. The Kier molecular flexibility index (Phi) is 2.68. The zero-order valence-electron chi connectivity index (χ0n) is 8.95. The van der Waals surface area contributed by atoms with Crippen LogP contribution in [0.2, 0.25) is 0 Å². The van der Waals surface area contributed by atoms with E-state index >= 15 is 0 Å². The molecule has 0 aromatic rings. The van der Waals surface area contributed by atoms with Crippen LogP contribution in [-0.2, 0) is 4.79 Å². The standard InChI is InChI=1S/C10H17N3OS/c1-13-5-2-7(6-13)12-9(14)10(3-4-10)8(11)15/h7H,2-6H2,1H3,(H2,11,15)(H,12,14). The molecule has 0 aromatic carbocycles. The predicted octanol–water partition coefficient (Wildman–Crippen LogP) is -0.127. The van der Waals surface area contributed by atoms with Crippen LogP contribution in [0.4, 0.5) is 0 Å². The number of hydrogen-bond donors (Lipinski definition) is 2. The molecule has 2 fully saturated rings. The zero-order chi connectivity index (χ0) is 11.1. The molecule has 0 bridgehead atoms. The average molecular weight is 227 g/mol. The highest BCUT2D eigenvalue weighted by Gasteiger charge is 2.53. The molecule has 1 aliphatic heterocycles. The molecule has 0 aromatic heterocycles. The molecule has 1 aliphatic carbocycles. The second-order valence-corrected chi connectivity index (χ2v) is 5.11. The van der Waals surface area contributed by atoms with E-state index in [1.165, 1.54) is 0 Å². The Morgan fingerprint density at radius 1 is 1.60 bits per heavy atom. The number of likely N-dealkylation sites (N-methyl/N-ethyl adjacent to an activating group) is 1. The van der Waals surface area contributed by atoms with Gasteiger partial charge < -0.3 is 16.0 Å². The topological polar surface area (TPSA) is 58.4 Å². The molecule has 3 N–H and O–H groups in total.